The lowest BCUT2D eigenvalue weighted by molar-refractivity contribution is -0.119. The van der Waals surface area contributed by atoms with E-state index in [2.05, 4.69) is 36.2 Å². The molecule has 1 saturated heterocycles. The zero-order valence-corrected chi connectivity index (χ0v) is 17.2. The number of para-hydroxylation sites is 1. The van der Waals surface area contributed by atoms with Crippen LogP contribution in [0.3, 0.4) is 0 Å². The van der Waals surface area contributed by atoms with E-state index in [0.717, 1.165) is 36.3 Å². The van der Waals surface area contributed by atoms with Gasteiger partial charge in [0.15, 0.2) is 0 Å². The van der Waals surface area contributed by atoms with Crippen molar-refractivity contribution in [2.45, 2.75) is 52.6 Å². The molecule has 1 fully saturated rings. The first-order valence-corrected chi connectivity index (χ1v) is 10.00. The minimum Gasteiger partial charge on any atom is -0.389 e. The molecule has 0 spiro atoms. The number of aryl methyl sites for hydroxylation is 2. The average molecular weight is 371 g/mol. The van der Waals surface area contributed by atoms with Crippen molar-refractivity contribution in [2.24, 2.45) is 5.92 Å². The number of amides is 1. The molecule has 1 amide bonds. The van der Waals surface area contributed by atoms with E-state index in [-0.39, 0.29) is 11.8 Å². The van der Waals surface area contributed by atoms with Crippen LogP contribution in [0.4, 0.5) is 5.69 Å². The Bertz CT molecular complexity index is 665. The highest BCUT2D eigenvalue weighted by molar-refractivity contribution is 5.93. The summed E-state index contributed by atoms with van der Waals surface area (Å²) in [4.78, 5) is 14.6. The maximum atomic E-state index is 12.4. The summed E-state index contributed by atoms with van der Waals surface area (Å²) in [5.41, 5.74) is 2.38. The maximum Gasteiger partial charge on any atom is 0.238 e. The molecule has 1 heterocycles. The Kier molecular flexibility index (Phi) is 7.81. The Labute approximate surface area is 164 Å². The lowest BCUT2D eigenvalue weighted by Gasteiger charge is -2.40. The van der Waals surface area contributed by atoms with Crippen LogP contribution in [0.5, 0.6) is 0 Å². The van der Waals surface area contributed by atoms with Gasteiger partial charge >= 0.3 is 0 Å². The first-order valence-electron chi connectivity index (χ1n) is 10.00. The number of piperidine rings is 1. The topological polar surface area (TPSA) is 52.6 Å². The number of allylic oxidation sites excluding steroid dienone is 3. The van der Waals surface area contributed by atoms with Crippen LogP contribution in [0.1, 0.15) is 44.2 Å². The number of hydrogen-bond donors (Lipinski definition) is 2. The number of likely N-dealkylation sites (tertiary alicyclic amines) is 1. The number of rotatable bonds is 7. The highest BCUT2D eigenvalue weighted by Gasteiger charge is 2.36. The molecule has 0 aromatic heterocycles. The molecule has 1 aromatic rings. The van der Waals surface area contributed by atoms with Crippen molar-refractivity contribution in [3.8, 4) is 0 Å². The van der Waals surface area contributed by atoms with Crippen LogP contribution >= 0.6 is 0 Å². The monoisotopic (exact) mass is 370 g/mol. The number of carbonyl (C=O) groups excluding carboxylic acids is 1. The molecular formula is C23H34N2O2. The van der Waals surface area contributed by atoms with E-state index in [1.165, 1.54) is 0 Å². The Hall–Kier alpha value is -1.91. The van der Waals surface area contributed by atoms with Gasteiger partial charge in [0.2, 0.25) is 5.91 Å². The molecular weight excluding hydrogens is 336 g/mol. The molecule has 1 aromatic carbocycles. The number of aliphatic hydroxyl groups is 1. The van der Waals surface area contributed by atoms with Gasteiger partial charge in [-0.25, -0.2) is 0 Å². The highest BCUT2D eigenvalue weighted by atomic mass is 16.3. The lowest BCUT2D eigenvalue weighted by Crippen LogP contribution is -2.49. The minimum atomic E-state index is -0.684. The quantitative estimate of drug-likeness (QED) is 0.706. The Morgan fingerprint density at radius 2 is 1.89 bits per heavy atom. The lowest BCUT2D eigenvalue weighted by atomic mass is 9.80. The average Bonchev–Trinajstić information content (AvgIpc) is 2.64. The predicted molar refractivity (Wildman–Crippen MR) is 113 cm³/mol. The van der Waals surface area contributed by atoms with Crippen molar-refractivity contribution >= 4 is 11.6 Å². The molecule has 4 nitrogen and oxygen atoms in total. The third-order valence-electron chi connectivity index (χ3n) is 5.56. The van der Waals surface area contributed by atoms with Crippen molar-refractivity contribution in [1.82, 2.24) is 4.90 Å². The second kappa shape index (κ2) is 9.86. The molecule has 1 atom stereocenters. The van der Waals surface area contributed by atoms with Crippen LogP contribution in [0.15, 0.2) is 42.5 Å². The van der Waals surface area contributed by atoms with Gasteiger partial charge < -0.3 is 10.4 Å². The van der Waals surface area contributed by atoms with Gasteiger partial charge in [0.05, 0.1) is 12.1 Å². The maximum absolute atomic E-state index is 12.4. The SMILES string of the molecule is CC/C=C\C=C/C(C)C1(O)CCN(CC(=O)Nc2c(C)cccc2C)CC1. The molecule has 2 rings (SSSR count). The fourth-order valence-corrected chi connectivity index (χ4v) is 3.57. The first kappa shape index (κ1) is 21.4. The summed E-state index contributed by atoms with van der Waals surface area (Å²) in [6.07, 6.45) is 10.6. The van der Waals surface area contributed by atoms with Gasteiger partial charge in [-0.3, -0.25) is 9.69 Å². The Balaban J connectivity index is 1.85. The molecule has 0 bridgehead atoms. The molecule has 1 aliphatic rings. The number of anilines is 1. The van der Waals surface area contributed by atoms with E-state index in [4.69, 9.17) is 0 Å². The van der Waals surface area contributed by atoms with E-state index in [9.17, 15) is 9.90 Å². The largest absolute Gasteiger partial charge is 0.389 e. The van der Waals surface area contributed by atoms with Gasteiger partial charge in [0, 0.05) is 24.7 Å². The number of nitrogens with zero attached hydrogens (tertiary/aromatic N) is 1. The summed E-state index contributed by atoms with van der Waals surface area (Å²) in [7, 11) is 0. The van der Waals surface area contributed by atoms with Gasteiger partial charge in [0.25, 0.3) is 0 Å². The van der Waals surface area contributed by atoms with E-state index in [1.807, 2.05) is 44.2 Å². The molecule has 0 saturated carbocycles. The molecule has 1 unspecified atom stereocenters. The summed E-state index contributed by atoms with van der Waals surface area (Å²) in [5.74, 6) is 0.111. The minimum absolute atomic E-state index is 0.00971. The number of hydrogen-bond acceptors (Lipinski definition) is 3. The van der Waals surface area contributed by atoms with Gasteiger partial charge in [-0.1, -0.05) is 56.4 Å². The van der Waals surface area contributed by atoms with Crippen LogP contribution in [0.25, 0.3) is 0 Å². The number of benzene rings is 1. The van der Waals surface area contributed by atoms with Crippen molar-refractivity contribution < 1.29 is 9.90 Å². The van der Waals surface area contributed by atoms with Crippen LogP contribution in [0.2, 0.25) is 0 Å². The van der Waals surface area contributed by atoms with Gasteiger partial charge in [0.1, 0.15) is 0 Å². The normalized spacial score (nSPS) is 18.9. The molecule has 148 valence electrons. The summed E-state index contributed by atoms with van der Waals surface area (Å²) in [6, 6.07) is 6.02. The van der Waals surface area contributed by atoms with E-state index in [1.54, 1.807) is 0 Å². The summed E-state index contributed by atoms with van der Waals surface area (Å²) >= 11 is 0. The fraction of sp³-hybridized carbons (Fsp3) is 0.522. The van der Waals surface area contributed by atoms with Gasteiger partial charge in [-0.2, -0.15) is 0 Å². The molecule has 1 aliphatic heterocycles. The second-order valence-electron chi connectivity index (χ2n) is 7.70. The molecule has 27 heavy (non-hydrogen) atoms. The van der Waals surface area contributed by atoms with Gasteiger partial charge in [-0.15, -0.1) is 0 Å². The molecule has 0 aliphatic carbocycles. The third-order valence-corrected chi connectivity index (χ3v) is 5.56. The summed E-state index contributed by atoms with van der Waals surface area (Å²) in [5, 5.41) is 14.0. The molecule has 0 radical (unpaired) electrons. The van der Waals surface area contributed by atoms with E-state index >= 15 is 0 Å². The van der Waals surface area contributed by atoms with Crippen molar-refractivity contribution in [2.75, 3.05) is 25.0 Å². The summed E-state index contributed by atoms with van der Waals surface area (Å²) < 4.78 is 0. The van der Waals surface area contributed by atoms with Crippen LogP contribution in [0, 0.1) is 19.8 Å². The second-order valence-corrected chi connectivity index (χ2v) is 7.70. The third kappa shape index (κ3) is 6.05. The predicted octanol–water partition coefficient (Wildman–Crippen LogP) is 4.23. The standard InChI is InChI=1S/C23H34N2O2/c1-5-6-7-8-12-20(4)23(27)13-15-25(16-14-23)17-21(26)24-22-18(2)10-9-11-19(22)3/h6-12,20,27H,5,13-17H2,1-4H3,(H,24,26)/b7-6-,12-8-. The molecule has 4 heteroatoms. The van der Waals surface area contributed by atoms with E-state index < -0.39 is 5.60 Å². The van der Waals surface area contributed by atoms with Crippen LogP contribution in [-0.2, 0) is 4.79 Å². The zero-order chi connectivity index (χ0) is 19.9. The fourth-order valence-electron chi connectivity index (χ4n) is 3.57. The first-order chi connectivity index (χ1) is 12.9. The van der Waals surface area contributed by atoms with Crippen LogP contribution < -0.4 is 5.32 Å². The smallest absolute Gasteiger partial charge is 0.238 e. The Morgan fingerprint density at radius 3 is 2.48 bits per heavy atom. The highest BCUT2D eigenvalue weighted by Crippen LogP contribution is 2.30. The molecule has 2 N–H and O–H groups in total. The van der Waals surface area contributed by atoms with Crippen molar-refractivity contribution in [3.63, 3.8) is 0 Å². The number of nitrogens with one attached hydrogen (secondary N) is 1. The zero-order valence-electron chi connectivity index (χ0n) is 17.2. The Morgan fingerprint density at radius 1 is 1.26 bits per heavy atom. The number of carbonyl (C=O) groups is 1. The van der Waals surface area contributed by atoms with E-state index in [0.29, 0.717) is 19.4 Å². The summed E-state index contributed by atoms with van der Waals surface area (Å²) in [6.45, 7) is 10.0. The van der Waals surface area contributed by atoms with Gasteiger partial charge in [-0.05, 0) is 44.2 Å². The van der Waals surface area contributed by atoms with Crippen molar-refractivity contribution in [1.29, 1.82) is 0 Å². The van der Waals surface area contributed by atoms with Crippen molar-refractivity contribution in [3.05, 3.63) is 53.6 Å². The van der Waals surface area contributed by atoms with Crippen LogP contribution in [-0.4, -0.2) is 41.1 Å².